The van der Waals surface area contributed by atoms with Crippen molar-refractivity contribution in [2.24, 2.45) is 0 Å². The maximum atomic E-state index is 13.5. The molecular weight excluding hydrogens is 243 g/mol. The van der Waals surface area contributed by atoms with E-state index in [2.05, 4.69) is 0 Å². The Kier molecular flexibility index (Phi) is 3.50. The van der Waals surface area contributed by atoms with E-state index < -0.39 is 11.4 Å². The number of benzene rings is 1. The second kappa shape index (κ2) is 4.75. The van der Waals surface area contributed by atoms with E-state index in [1.165, 1.54) is 18.2 Å². The Bertz CT molecular complexity index is 439. The molecular formula is C13H14ClFO2. The first-order valence-corrected chi connectivity index (χ1v) is 6.00. The quantitative estimate of drug-likeness (QED) is 0.830. The van der Waals surface area contributed by atoms with Crippen molar-refractivity contribution in [2.75, 3.05) is 6.61 Å². The molecule has 1 aromatic rings. The van der Waals surface area contributed by atoms with E-state index >= 15 is 0 Å². The minimum atomic E-state index is -0.755. The van der Waals surface area contributed by atoms with Crippen LogP contribution in [0.25, 0.3) is 0 Å². The van der Waals surface area contributed by atoms with Gasteiger partial charge in [0.05, 0.1) is 0 Å². The molecule has 0 radical (unpaired) electrons. The molecule has 0 bridgehead atoms. The maximum absolute atomic E-state index is 13.5. The fraction of sp³-hybridized carbons (Fsp3) is 0.462. The van der Waals surface area contributed by atoms with E-state index in [0.29, 0.717) is 23.6 Å². The monoisotopic (exact) mass is 256 g/mol. The Balaban J connectivity index is 2.15. The molecule has 0 saturated carbocycles. The van der Waals surface area contributed by atoms with Gasteiger partial charge in [-0.2, -0.15) is 0 Å². The zero-order valence-corrected chi connectivity index (χ0v) is 10.4. The fourth-order valence-electron chi connectivity index (χ4n) is 2.04. The van der Waals surface area contributed by atoms with E-state index in [0.717, 1.165) is 6.42 Å². The third-order valence-electron chi connectivity index (χ3n) is 3.17. The fourth-order valence-corrected chi connectivity index (χ4v) is 2.23. The van der Waals surface area contributed by atoms with Crippen molar-refractivity contribution in [3.8, 4) is 0 Å². The number of ether oxygens (including phenoxy) is 1. The van der Waals surface area contributed by atoms with Gasteiger partial charge >= 0.3 is 0 Å². The molecule has 1 aliphatic heterocycles. The topological polar surface area (TPSA) is 26.3 Å². The molecule has 1 aliphatic rings. The van der Waals surface area contributed by atoms with Crippen LogP contribution in [0.2, 0.25) is 5.02 Å². The largest absolute Gasteiger partial charge is 0.367 e. The smallest absolute Gasteiger partial charge is 0.168 e. The van der Waals surface area contributed by atoms with Crippen LogP contribution in [0.3, 0.4) is 0 Å². The molecule has 17 heavy (non-hydrogen) atoms. The third-order valence-corrected chi connectivity index (χ3v) is 3.40. The van der Waals surface area contributed by atoms with Crippen LogP contribution in [0.1, 0.15) is 25.3 Å². The molecule has 1 fully saturated rings. The SMILES string of the molecule is CC1(C(=O)Cc2cc(Cl)ccc2F)CCCO1. The summed E-state index contributed by atoms with van der Waals surface area (Å²) in [6.07, 6.45) is 1.61. The van der Waals surface area contributed by atoms with Crippen molar-refractivity contribution < 1.29 is 13.9 Å². The number of carbonyl (C=O) groups is 1. The number of halogens is 2. The highest BCUT2D eigenvalue weighted by molar-refractivity contribution is 6.30. The molecule has 2 nitrogen and oxygen atoms in total. The molecule has 0 aromatic heterocycles. The van der Waals surface area contributed by atoms with Crippen LogP contribution >= 0.6 is 11.6 Å². The molecule has 4 heteroatoms. The molecule has 1 atom stereocenters. The number of hydrogen-bond donors (Lipinski definition) is 0. The minimum Gasteiger partial charge on any atom is -0.367 e. The lowest BCUT2D eigenvalue weighted by molar-refractivity contribution is -0.136. The van der Waals surface area contributed by atoms with Crippen LogP contribution in [-0.2, 0) is 16.0 Å². The van der Waals surface area contributed by atoms with Gasteiger partial charge in [0.1, 0.15) is 11.4 Å². The summed E-state index contributed by atoms with van der Waals surface area (Å²) in [4.78, 5) is 12.1. The first kappa shape index (κ1) is 12.5. The van der Waals surface area contributed by atoms with Crippen molar-refractivity contribution in [2.45, 2.75) is 31.8 Å². The van der Waals surface area contributed by atoms with Crippen molar-refractivity contribution in [1.29, 1.82) is 0 Å². The highest BCUT2D eigenvalue weighted by Crippen LogP contribution is 2.28. The first-order valence-electron chi connectivity index (χ1n) is 5.62. The molecule has 2 rings (SSSR count). The van der Waals surface area contributed by atoms with Gasteiger partial charge < -0.3 is 4.74 Å². The number of carbonyl (C=O) groups excluding carboxylic acids is 1. The van der Waals surface area contributed by atoms with Crippen LogP contribution in [0.5, 0.6) is 0 Å². The number of rotatable bonds is 3. The average Bonchev–Trinajstić information content (AvgIpc) is 2.72. The summed E-state index contributed by atoms with van der Waals surface area (Å²) in [6, 6.07) is 4.24. The highest BCUT2D eigenvalue weighted by Gasteiger charge is 2.37. The van der Waals surface area contributed by atoms with Gasteiger partial charge in [-0.1, -0.05) is 11.6 Å². The Hall–Kier alpha value is -0.930. The predicted molar refractivity (Wildman–Crippen MR) is 63.7 cm³/mol. The normalized spacial score (nSPS) is 23.9. The minimum absolute atomic E-state index is 0.0306. The molecule has 0 amide bonds. The first-order chi connectivity index (χ1) is 8.01. The molecule has 1 saturated heterocycles. The van der Waals surface area contributed by atoms with Crippen molar-refractivity contribution in [1.82, 2.24) is 0 Å². The number of Topliss-reactive ketones (excluding diaryl/α,β-unsaturated/α-hetero) is 1. The highest BCUT2D eigenvalue weighted by atomic mass is 35.5. The third kappa shape index (κ3) is 2.67. The Morgan fingerprint density at radius 2 is 2.35 bits per heavy atom. The van der Waals surface area contributed by atoms with Gasteiger partial charge in [0.2, 0.25) is 0 Å². The molecule has 1 heterocycles. The summed E-state index contributed by atoms with van der Waals surface area (Å²) in [5, 5.41) is 0.437. The van der Waals surface area contributed by atoms with E-state index in [4.69, 9.17) is 16.3 Å². The second-order valence-electron chi connectivity index (χ2n) is 4.52. The van der Waals surface area contributed by atoms with E-state index in [-0.39, 0.29) is 12.2 Å². The van der Waals surface area contributed by atoms with Crippen LogP contribution in [0.4, 0.5) is 4.39 Å². The lowest BCUT2D eigenvalue weighted by Crippen LogP contribution is -2.35. The van der Waals surface area contributed by atoms with E-state index in [1.807, 2.05) is 0 Å². The Morgan fingerprint density at radius 3 is 3.00 bits per heavy atom. The summed E-state index contributed by atoms with van der Waals surface area (Å²) < 4.78 is 18.9. The van der Waals surface area contributed by atoms with Gasteiger partial charge in [-0.3, -0.25) is 4.79 Å². The van der Waals surface area contributed by atoms with E-state index in [1.54, 1.807) is 6.92 Å². The Labute approximate surface area is 105 Å². The molecule has 92 valence electrons. The van der Waals surface area contributed by atoms with Crippen LogP contribution in [-0.4, -0.2) is 18.0 Å². The summed E-state index contributed by atoms with van der Waals surface area (Å²) in [6.45, 7) is 2.37. The summed E-state index contributed by atoms with van der Waals surface area (Å²) >= 11 is 5.79. The molecule has 0 N–H and O–H groups in total. The predicted octanol–water partition coefficient (Wildman–Crippen LogP) is 3.16. The van der Waals surface area contributed by atoms with Gasteiger partial charge in [-0.25, -0.2) is 4.39 Å². The van der Waals surface area contributed by atoms with Crippen molar-refractivity contribution in [3.05, 3.63) is 34.6 Å². The van der Waals surface area contributed by atoms with Gasteiger partial charge in [-0.15, -0.1) is 0 Å². The number of hydrogen-bond acceptors (Lipinski definition) is 2. The van der Waals surface area contributed by atoms with Gasteiger partial charge in [0.15, 0.2) is 5.78 Å². The zero-order valence-electron chi connectivity index (χ0n) is 9.63. The zero-order chi connectivity index (χ0) is 12.5. The molecule has 1 unspecified atom stereocenters. The van der Waals surface area contributed by atoms with Crippen molar-refractivity contribution in [3.63, 3.8) is 0 Å². The standard InChI is InChI=1S/C13H14ClFO2/c1-13(5-2-6-17-13)12(16)8-9-7-10(14)3-4-11(9)15/h3-4,7H,2,5-6,8H2,1H3. The van der Waals surface area contributed by atoms with Crippen LogP contribution < -0.4 is 0 Å². The second-order valence-corrected chi connectivity index (χ2v) is 4.95. The van der Waals surface area contributed by atoms with Crippen LogP contribution in [0.15, 0.2) is 18.2 Å². The van der Waals surface area contributed by atoms with Gasteiger partial charge in [0.25, 0.3) is 0 Å². The Morgan fingerprint density at radius 1 is 1.59 bits per heavy atom. The van der Waals surface area contributed by atoms with Gasteiger partial charge in [0, 0.05) is 18.1 Å². The molecule has 0 aliphatic carbocycles. The summed E-state index contributed by atoms with van der Waals surface area (Å²) in [5.74, 6) is -0.486. The number of ketones is 1. The molecule has 1 aromatic carbocycles. The lowest BCUT2D eigenvalue weighted by atomic mass is 9.92. The summed E-state index contributed by atoms with van der Waals surface area (Å²) in [5.41, 5.74) is -0.423. The summed E-state index contributed by atoms with van der Waals surface area (Å²) in [7, 11) is 0. The lowest BCUT2D eigenvalue weighted by Gasteiger charge is -2.21. The van der Waals surface area contributed by atoms with Crippen LogP contribution in [0, 0.1) is 5.82 Å². The van der Waals surface area contributed by atoms with Crippen molar-refractivity contribution >= 4 is 17.4 Å². The average molecular weight is 257 g/mol. The maximum Gasteiger partial charge on any atom is 0.168 e. The van der Waals surface area contributed by atoms with E-state index in [9.17, 15) is 9.18 Å². The van der Waals surface area contributed by atoms with Gasteiger partial charge in [-0.05, 0) is 43.5 Å². The molecule has 0 spiro atoms.